The first-order valence-electron chi connectivity index (χ1n) is 8.38. The molecule has 1 heterocycles. The van der Waals surface area contributed by atoms with E-state index in [4.69, 9.17) is 4.74 Å². The molecule has 1 aromatic carbocycles. The Balaban J connectivity index is 2.12. The Morgan fingerprint density at radius 1 is 1.22 bits per heavy atom. The summed E-state index contributed by atoms with van der Waals surface area (Å²) in [4.78, 5) is 30.4. The van der Waals surface area contributed by atoms with Crippen molar-refractivity contribution in [2.75, 3.05) is 13.2 Å². The number of halogens is 2. The molecule has 0 atom stereocenters. The van der Waals surface area contributed by atoms with E-state index in [1.54, 1.807) is 25.4 Å². The molecule has 0 bridgehead atoms. The maximum Gasteiger partial charge on any atom is 0.307 e. The Hall–Kier alpha value is -2.48. The highest BCUT2D eigenvalue weighted by Crippen LogP contribution is 2.25. The van der Waals surface area contributed by atoms with E-state index in [1.807, 2.05) is 6.07 Å². The Labute approximate surface area is 160 Å². The molecule has 0 aliphatic heterocycles. The summed E-state index contributed by atoms with van der Waals surface area (Å²) < 4.78 is 29.8. The van der Waals surface area contributed by atoms with E-state index < -0.39 is 5.76 Å². The van der Waals surface area contributed by atoms with Crippen molar-refractivity contribution in [2.45, 2.75) is 30.5 Å². The highest BCUT2D eigenvalue weighted by atomic mass is 32.2. The zero-order chi connectivity index (χ0) is 19.6. The molecule has 2 aromatic rings. The van der Waals surface area contributed by atoms with Gasteiger partial charge < -0.3 is 9.64 Å². The Bertz CT molecular complexity index is 742. The number of amides is 1. The van der Waals surface area contributed by atoms with Crippen molar-refractivity contribution in [3.8, 4) is 0 Å². The first-order valence-corrected chi connectivity index (χ1v) is 9.26. The number of ether oxygens (including phenoxy) is 1. The van der Waals surface area contributed by atoms with Crippen LogP contribution in [0.5, 0.6) is 0 Å². The second-order valence-electron chi connectivity index (χ2n) is 5.55. The van der Waals surface area contributed by atoms with Crippen molar-refractivity contribution in [1.82, 2.24) is 9.88 Å². The lowest BCUT2D eigenvalue weighted by Gasteiger charge is -2.22. The van der Waals surface area contributed by atoms with Crippen LogP contribution in [0.4, 0.5) is 8.78 Å². The second-order valence-corrected chi connectivity index (χ2v) is 6.61. The number of pyridine rings is 1. The fourth-order valence-corrected chi connectivity index (χ4v) is 2.88. The fourth-order valence-electron chi connectivity index (χ4n) is 2.39. The van der Waals surface area contributed by atoms with E-state index in [0.717, 1.165) is 5.56 Å². The van der Waals surface area contributed by atoms with Crippen LogP contribution in [0.2, 0.25) is 0 Å². The lowest BCUT2D eigenvalue weighted by molar-refractivity contribution is -0.143. The largest absolute Gasteiger partial charge is 0.466 e. The van der Waals surface area contributed by atoms with Crippen molar-refractivity contribution in [3.63, 3.8) is 0 Å². The highest BCUT2D eigenvalue weighted by Gasteiger charge is 2.18. The quantitative estimate of drug-likeness (QED) is 0.475. The van der Waals surface area contributed by atoms with Crippen LogP contribution in [0.1, 0.15) is 29.3 Å². The van der Waals surface area contributed by atoms with Crippen LogP contribution in [-0.4, -0.2) is 40.7 Å². The summed E-state index contributed by atoms with van der Waals surface area (Å²) in [6, 6.07) is 9.58. The summed E-state index contributed by atoms with van der Waals surface area (Å²) in [7, 11) is 0. The molecule has 0 saturated heterocycles. The van der Waals surface area contributed by atoms with Gasteiger partial charge in [-0.15, -0.1) is 0 Å². The van der Waals surface area contributed by atoms with E-state index in [9.17, 15) is 18.4 Å². The third-order valence-electron chi connectivity index (χ3n) is 3.60. The highest BCUT2D eigenvalue weighted by molar-refractivity contribution is 7.99. The Kier molecular flexibility index (Phi) is 8.19. The number of rotatable bonds is 9. The van der Waals surface area contributed by atoms with Gasteiger partial charge in [-0.05, 0) is 42.8 Å². The van der Waals surface area contributed by atoms with Gasteiger partial charge in [0.1, 0.15) is 0 Å². The van der Waals surface area contributed by atoms with Gasteiger partial charge in [-0.1, -0.05) is 17.8 Å². The average Bonchev–Trinajstić information content (AvgIpc) is 2.66. The number of esters is 1. The number of benzene rings is 1. The number of aromatic nitrogens is 1. The normalized spacial score (nSPS) is 10.7. The van der Waals surface area contributed by atoms with Crippen LogP contribution < -0.4 is 0 Å². The molecule has 27 heavy (non-hydrogen) atoms. The summed E-state index contributed by atoms with van der Waals surface area (Å²) in [5, 5.41) is 0. The standard InChI is InChI=1S/C19H20F2N2O3S/c1-2-26-17(24)9-11-23(13-14-4-3-10-22-12-14)18(25)15-5-7-16(8-6-15)27-19(20)21/h3-8,10,12,19H,2,9,11,13H2,1H3. The van der Waals surface area contributed by atoms with E-state index >= 15 is 0 Å². The summed E-state index contributed by atoms with van der Waals surface area (Å²) in [6.45, 7) is 2.45. The first-order chi connectivity index (χ1) is 13.0. The number of carbonyl (C=O) groups excluding carboxylic acids is 2. The van der Waals surface area contributed by atoms with E-state index in [2.05, 4.69) is 4.98 Å². The molecule has 0 saturated carbocycles. The predicted molar refractivity (Wildman–Crippen MR) is 98.5 cm³/mol. The van der Waals surface area contributed by atoms with Gasteiger partial charge in [0.2, 0.25) is 0 Å². The van der Waals surface area contributed by atoms with Gasteiger partial charge in [0.15, 0.2) is 0 Å². The molecular weight excluding hydrogens is 374 g/mol. The topological polar surface area (TPSA) is 59.5 Å². The summed E-state index contributed by atoms with van der Waals surface area (Å²) in [5.74, 6) is -3.19. The fraction of sp³-hybridized carbons (Fsp3) is 0.316. The zero-order valence-electron chi connectivity index (χ0n) is 14.8. The number of hydrogen-bond acceptors (Lipinski definition) is 5. The summed E-state index contributed by atoms with van der Waals surface area (Å²) >= 11 is 0.422. The number of alkyl halides is 2. The minimum atomic E-state index is -2.52. The first kappa shape index (κ1) is 20.8. The molecule has 5 nitrogen and oxygen atoms in total. The van der Waals surface area contributed by atoms with Crippen molar-refractivity contribution in [3.05, 3.63) is 59.9 Å². The molecule has 8 heteroatoms. The maximum absolute atomic E-state index is 12.9. The van der Waals surface area contributed by atoms with Gasteiger partial charge in [0, 0.05) is 35.9 Å². The van der Waals surface area contributed by atoms with Gasteiger partial charge in [0.25, 0.3) is 11.7 Å². The lowest BCUT2D eigenvalue weighted by Crippen LogP contribution is -2.33. The minimum absolute atomic E-state index is 0.0686. The third kappa shape index (κ3) is 6.97. The van der Waals surface area contributed by atoms with Crippen LogP contribution in [0, 0.1) is 0 Å². The van der Waals surface area contributed by atoms with Crippen LogP contribution >= 0.6 is 11.8 Å². The van der Waals surface area contributed by atoms with E-state index in [0.29, 0.717) is 22.2 Å². The molecule has 0 radical (unpaired) electrons. The van der Waals surface area contributed by atoms with Crippen LogP contribution in [0.3, 0.4) is 0 Å². The average molecular weight is 394 g/mol. The minimum Gasteiger partial charge on any atom is -0.466 e. The van der Waals surface area contributed by atoms with E-state index in [-0.39, 0.29) is 38.0 Å². The van der Waals surface area contributed by atoms with Gasteiger partial charge in [-0.3, -0.25) is 14.6 Å². The molecule has 0 aliphatic carbocycles. The monoisotopic (exact) mass is 394 g/mol. The smallest absolute Gasteiger partial charge is 0.307 e. The lowest BCUT2D eigenvalue weighted by atomic mass is 10.1. The van der Waals surface area contributed by atoms with Crippen molar-refractivity contribution >= 4 is 23.6 Å². The SMILES string of the molecule is CCOC(=O)CCN(Cc1cccnc1)C(=O)c1ccc(SC(F)F)cc1. The molecule has 0 spiro atoms. The maximum atomic E-state index is 12.9. The Morgan fingerprint density at radius 2 is 1.96 bits per heavy atom. The molecule has 2 rings (SSSR count). The van der Waals surface area contributed by atoms with Gasteiger partial charge in [-0.2, -0.15) is 8.78 Å². The van der Waals surface area contributed by atoms with Crippen molar-refractivity contribution in [2.24, 2.45) is 0 Å². The molecule has 0 unspecified atom stereocenters. The number of nitrogens with zero attached hydrogens (tertiary/aromatic N) is 2. The van der Waals surface area contributed by atoms with Crippen LogP contribution in [0.15, 0.2) is 53.7 Å². The molecule has 0 fully saturated rings. The number of thioether (sulfide) groups is 1. The van der Waals surface area contributed by atoms with Gasteiger partial charge >= 0.3 is 5.97 Å². The molecule has 1 amide bonds. The van der Waals surface area contributed by atoms with Gasteiger partial charge in [0.05, 0.1) is 13.0 Å². The molecule has 0 N–H and O–H groups in total. The summed E-state index contributed by atoms with van der Waals surface area (Å²) in [5.41, 5.74) is 1.18. The Morgan fingerprint density at radius 3 is 2.56 bits per heavy atom. The van der Waals surface area contributed by atoms with Crippen molar-refractivity contribution < 1.29 is 23.1 Å². The van der Waals surface area contributed by atoms with Crippen LogP contribution in [0.25, 0.3) is 0 Å². The van der Waals surface area contributed by atoms with E-state index in [1.165, 1.54) is 29.2 Å². The second kappa shape index (κ2) is 10.6. The van der Waals surface area contributed by atoms with Crippen LogP contribution in [-0.2, 0) is 16.1 Å². The molecule has 1 aromatic heterocycles. The summed E-state index contributed by atoms with van der Waals surface area (Å²) in [6.07, 6.45) is 3.35. The zero-order valence-corrected chi connectivity index (χ0v) is 15.6. The molecule has 144 valence electrons. The number of hydrogen-bond donors (Lipinski definition) is 0. The molecule has 0 aliphatic rings. The number of carbonyl (C=O) groups is 2. The molecular formula is C19H20F2N2O3S. The van der Waals surface area contributed by atoms with Crippen molar-refractivity contribution in [1.29, 1.82) is 0 Å². The van der Waals surface area contributed by atoms with Gasteiger partial charge in [-0.25, -0.2) is 0 Å². The third-order valence-corrected chi connectivity index (χ3v) is 4.32. The predicted octanol–water partition coefficient (Wildman–Crippen LogP) is 3.99.